The van der Waals surface area contributed by atoms with Crippen molar-refractivity contribution in [2.75, 3.05) is 13.2 Å². The summed E-state index contributed by atoms with van der Waals surface area (Å²) in [6.45, 7) is 8.01. The first-order valence-electron chi connectivity index (χ1n) is 7.43. The lowest BCUT2D eigenvalue weighted by Gasteiger charge is -2.44. The van der Waals surface area contributed by atoms with E-state index in [0.29, 0.717) is 6.04 Å². The van der Waals surface area contributed by atoms with Crippen LogP contribution in [0.4, 0.5) is 0 Å². The zero-order chi connectivity index (χ0) is 14.5. The Morgan fingerprint density at radius 1 is 1.35 bits per heavy atom. The van der Waals surface area contributed by atoms with Crippen LogP contribution in [0.2, 0.25) is 5.02 Å². The van der Waals surface area contributed by atoms with E-state index in [4.69, 9.17) is 21.1 Å². The summed E-state index contributed by atoms with van der Waals surface area (Å²) < 4.78 is 12.0. The average molecular weight is 298 g/mol. The Balaban J connectivity index is 1.97. The van der Waals surface area contributed by atoms with Crippen LogP contribution in [0.5, 0.6) is 5.75 Å². The van der Waals surface area contributed by atoms with Crippen molar-refractivity contribution in [1.82, 2.24) is 5.32 Å². The SMILES string of the molecule is CCCOC1C(NCC)CC1Oc1ccc(Cl)cc1C. The van der Waals surface area contributed by atoms with Crippen molar-refractivity contribution in [1.29, 1.82) is 0 Å². The molecule has 0 amide bonds. The molecule has 1 fully saturated rings. The fourth-order valence-electron chi connectivity index (χ4n) is 2.54. The highest BCUT2D eigenvalue weighted by atomic mass is 35.5. The lowest BCUT2D eigenvalue weighted by atomic mass is 9.85. The molecule has 0 aliphatic heterocycles. The first-order chi connectivity index (χ1) is 9.65. The van der Waals surface area contributed by atoms with Crippen LogP contribution in [0.1, 0.15) is 32.3 Å². The van der Waals surface area contributed by atoms with E-state index in [1.165, 1.54) is 0 Å². The molecule has 0 radical (unpaired) electrons. The van der Waals surface area contributed by atoms with E-state index in [0.717, 1.165) is 42.3 Å². The van der Waals surface area contributed by atoms with Crippen LogP contribution >= 0.6 is 11.6 Å². The predicted molar refractivity (Wildman–Crippen MR) is 82.7 cm³/mol. The van der Waals surface area contributed by atoms with Gasteiger partial charge in [0.15, 0.2) is 0 Å². The van der Waals surface area contributed by atoms with E-state index < -0.39 is 0 Å². The number of likely N-dealkylation sites (N-methyl/N-ethyl adjacent to an activating group) is 1. The van der Waals surface area contributed by atoms with Crippen LogP contribution in [0.3, 0.4) is 0 Å². The number of hydrogen-bond acceptors (Lipinski definition) is 3. The number of aryl methyl sites for hydroxylation is 1. The van der Waals surface area contributed by atoms with Crippen molar-refractivity contribution < 1.29 is 9.47 Å². The summed E-state index contributed by atoms with van der Waals surface area (Å²) in [6, 6.07) is 6.14. The molecule has 1 N–H and O–H groups in total. The van der Waals surface area contributed by atoms with Gasteiger partial charge in [0.25, 0.3) is 0 Å². The third kappa shape index (κ3) is 3.66. The minimum Gasteiger partial charge on any atom is -0.487 e. The molecule has 3 nitrogen and oxygen atoms in total. The highest BCUT2D eigenvalue weighted by Crippen LogP contribution is 2.31. The fraction of sp³-hybridized carbons (Fsp3) is 0.625. The molecular weight excluding hydrogens is 274 g/mol. The van der Waals surface area contributed by atoms with Gasteiger partial charge in [0.2, 0.25) is 0 Å². The van der Waals surface area contributed by atoms with Crippen molar-refractivity contribution in [3.63, 3.8) is 0 Å². The van der Waals surface area contributed by atoms with Crippen molar-refractivity contribution in [3.8, 4) is 5.75 Å². The maximum Gasteiger partial charge on any atom is 0.128 e. The molecular formula is C16H24ClNO2. The summed E-state index contributed by atoms with van der Waals surface area (Å²) in [5.41, 5.74) is 1.07. The minimum absolute atomic E-state index is 0.130. The smallest absolute Gasteiger partial charge is 0.128 e. The summed E-state index contributed by atoms with van der Waals surface area (Å²) in [6.07, 6.45) is 2.29. The maximum atomic E-state index is 6.10. The molecule has 4 heteroatoms. The second-order valence-electron chi connectivity index (χ2n) is 5.30. The molecule has 1 aliphatic carbocycles. The first-order valence-corrected chi connectivity index (χ1v) is 7.81. The van der Waals surface area contributed by atoms with E-state index >= 15 is 0 Å². The van der Waals surface area contributed by atoms with E-state index in [9.17, 15) is 0 Å². The quantitative estimate of drug-likeness (QED) is 0.834. The molecule has 3 unspecified atom stereocenters. The highest BCUT2D eigenvalue weighted by Gasteiger charge is 2.43. The van der Waals surface area contributed by atoms with Gasteiger partial charge in [-0.1, -0.05) is 25.4 Å². The molecule has 1 saturated carbocycles. The van der Waals surface area contributed by atoms with Gasteiger partial charge in [-0.3, -0.25) is 0 Å². The van der Waals surface area contributed by atoms with E-state index in [1.807, 2.05) is 25.1 Å². The zero-order valence-corrected chi connectivity index (χ0v) is 13.2. The molecule has 2 rings (SSSR count). The molecule has 3 atom stereocenters. The summed E-state index contributed by atoms with van der Waals surface area (Å²) in [5.74, 6) is 0.902. The number of rotatable bonds is 7. The van der Waals surface area contributed by atoms with Gasteiger partial charge in [0, 0.05) is 24.1 Å². The van der Waals surface area contributed by atoms with E-state index in [-0.39, 0.29) is 12.2 Å². The summed E-state index contributed by atoms with van der Waals surface area (Å²) >= 11 is 5.97. The van der Waals surface area contributed by atoms with Crippen molar-refractivity contribution >= 4 is 11.6 Å². The van der Waals surface area contributed by atoms with Gasteiger partial charge in [0.1, 0.15) is 18.0 Å². The zero-order valence-electron chi connectivity index (χ0n) is 12.5. The van der Waals surface area contributed by atoms with E-state index in [2.05, 4.69) is 19.2 Å². The number of halogens is 1. The summed E-state index contributed by atoms with van der Waals surface area (Å²) in [4.78, 5) is 0. The molecule has 0 aromatic heterocycles. The van der Waals surface area contributed by atoms with Gasteiger partial charge in [-0.15, -0.1) is 0 Å². The molecule has 112 valence electrons. The third-order valence-corrected chi connectivity index (χ3v) is 3.88. The monoisotopic (exact) mass is 297 g/mol. The van der Waals surface area contributed by atoms with Crippen LogP contribution in [0, 0.1) is 6.92 Å². The molecule has 0 saturated heterocycles. The predicted octanol–water partition coefficient (Wildman–Crippen LogP) is 3.57. The molecule has 1 aromatic rings. The average Bonchev–Trinajstić information content (AvgIpc) is 2.40. The fourth-order valence-corrected chi connectivity index (χ4v) is 2.77. The second kappa shape index (κ2) is 7.30. The largest absolute Gasteiger partial charge is 0.487 e. The lowest BCUT2D eigenvalue weighted by molar-refractivity contribution is -0.107. The Kier molecular flexibility index (Phi) is 5.70. The Morgan fingerprint density at radius 3 is 2.80 bits per heavy atom. The van der Waals surface area contributed by atoms with Crippen molar-refractivity contribution in [2.24, 2.45) is 0 Å². The van der Waals surface area contributed by atoms with Crippen LogP contribution in [0.25, 0.3) is 0 Å². The van der Waals surface area contributed by atoms with Gasteiger partial charge in [-0.25, -0.2) is 0 Å². The normalized spacial score (nSPS) is 25.3. The molecule has 0 heterocycles. The van der Waals surface area contributed by atoms with Crippen LogP contribution in [0.15, 0.2) is 18.2 Å². The number of hydrogen-bond donors (Lipinski definition) is 1. The Morgan fingerprint density at radius 2 is 2.15 bits per heavy atom. The standard InChI is InChI=1S/C16H24ClNO2/c1-4-8-19-16-13(18-5-2)10-15(16)20-14-7-6-12(17)9-11(14)3/h6-7,9,13,15-16,18H,4-5,8,10H2,1-3H3. The van der Waals surface area contributed by atoms with Crippen LogP contribution in [-0.2, 0) is 4.74 Å². The van der Waals surface area contributed by atoms with Gasteiger partial charge < -0.3 is 14.8 Å². The Labute approximate surface area is 126 Å². The molecule has 0 bridgehead atoms. The van der Waals surface area contributed by atoms with Gasteiger partial charge in [-0.05, 0) is 43.7 Å². The van der Waals surface area contributed by atoms with Crippen LogP contribution < -0.4 is 10.1 Å². The Hall–Kier alpha value is -0.770. The molecule has 0 spiro atoms. The first kappa shape index (κ1) is 15.6. The van der Waals surface area contributed by atoms with Crippen LogP contribution in [-0.4, -0.2) is 31.4 Å². The number of benzene rings is 1. The van der Waals surface area contributed by atoms with Crippen molar-refractivity contribution in [2.45, 2.75) is 51.9 Å². The van der Waals surface area contributed by atoms with Gasteiger partial charge in [-0.2, -0.15) is 0 Å². The number of ether oxygens (including phenoxy) is 2. The van der Waals surface area contributed by atoms with E-state index in [1.54, 1.807) is 0 Å². The highest BCUT2D eigenvalue weighted by molar-refractivity contribution is 6.30. The van der Waals surface area contributed by atoms with Gasteiger partial charge >= 0.3 is 0 Å². The molecule has 1 aromatic carbocycles. The third-order valence-electron chi connectivity index (χ3n) is 3.65. The summed E-state index contributed by atoms with van der Waals surface area (Å²) in [7, 11) is 0. The van der Waals surface area contributed by atoms with Crippen molar-refractivity contribution in [3.05, 3.63) is 28.8 Å². The molecule has 20 heavy (non-hydrogen) atoms. The number of nitrogens with one attached hydrogen (secondary N) is 1. The topological polar surface area (TPSA) is 30.5 Å². The summed E-state index contributed by atoms with van der Waals surface area (Å²) in [5, 5.41) is 4.20. The lowest BCUT2D eigenvalue weighted by Crippen LogP contribution is -2.61. The second-order valence-corrected chi connectivity index (χ2v) is 5.74. The minimum atomic E-state index is 0.130. The Bertz CT molecular complexity index is 438. The van der Waals surface area contributed by atoms with Gasteiger partial charge in [0.05, 0.1) is 0 Å². The maximum absolute atomic E-state index is 6.10. The molecule has 1 aliphatic rings.